The Morgan fingerprint density at radius 1 is 1.31 bits per heavy atom. The number of aryl methyl sites for hydroxylation is 2. The Balaban J connectivity index is 2.27. The van der Waals surface area contributed by atoms with Crippen molar-refractivity contribution in [3.63, 3.8) is 0 Å². The van der Waals surface area contributed by atoms with Crippen LogP contribution in [0.15, 0.2) is 17.0 Å². The monoisotopic (exact) mass is 236 g/mol. The molecule has 88 valence electrons. The minimum atomic E-state index is 1.05. The van der Waals surface area contributed by atoms with Crippen LogP contribution in [-0.2, 0) is 0 Å². The SMILES string of the molecule is CNCCN1CCSc2cc(C)c(C)cc21. The first kappa shape index (κ1) is 11.8. The van der Waals surface area contributed by atoms with E-state index >= 15 is 0 Å². The number of anilines is 1. The van der Waals surface area contributed by atoms with Crippen LogP contribution in [0.25, 0.3) is 0 Å². The standard InChI is InChI=1S/C13H20N2S/c1-10-8-12-13(9-11(10)2)16-7-6-15(12)5-4-14-3/h8-9,14H,4-7H2,1-3H3. The van der Waals surface area contributed by atoms with Gasteiger partial charge in [-0.2, -0.15) is 0 Å². The van der Waals surface area contributed by atoms with Gasteiger partial charge in [-0.25, -0.2) is 0 Å². The van der Waals surface area contributed by atoms with Crippen molar-refractivity contribution >= 4 is 17.4 Å². The second kappa shape index (κ2) is 5.11. The summed E-state index contributed by atoms with van der Waals surface area (Å²) in [5.41, 5.74) is 4.23. The molecule has 2 nitrogen and oxygen atoms in total. The third kappa shape index (κ3) is 2.36. The molecule has 0 bridgehead atoms. The number of hydrogen-bond acceptors (Lipinski definition) is 3. The van der Waals surface area contributed by atoms with Gasteiger partial charge < -0.3 is 10.2 Å². The van der Waals surface area contributed by atoms with E-state index in [4.69, 9.17) is 0 Å². The molecule has 1 aromatic carbocycles. The van der Waals surface area contributed by atoms with Crippen molar-refractivity contribution in [1.82, 2.24) is 5.32 Å². The molecule has 0 aromatic heterocycles. The number of likely N-dealkylation sites (N-methyl/N-ethyl adjacent to an activating group) is 1. The maximum atomic E-state index is 3.22. The summed E-state index contributed by atoms with van der Waals surface area (Å²) in [5, 5.41) is 3.22. The highest BCUT2D eigenvalue weighted by molar-refractivity contribution is 7.99. The lowest BCUT2D eigenvalue weighted by molar-refractivity contribution is 0.730. The van der Waals surface area contributed by atoms with E-state index in [1.54, 1.807) is 0 Å². The van der Waals surface area contributed by atoms with Crippen LogP contribution in [0.3, 0.4) is 0 Å². The topological polar surface area (TPSA) is 15.3 Å². The van der Waals surface area contributed by atoms with Gasteiger partial charge in [0.15, 0.2) is 0 Å². The number of thioether (sulfide) groups is 1. The Morgan fingerprint density at radius 3 is 2.81 bits per heavy atom. The van der Waals surface area contributed by atoms with Crippen molar-refractivity contribution in [2.24, 2.45) is 0 Å². The van der Waals surface area contributed by atoms with Crippen LogP contribution >= 0.6 is 11.8 Å². The minimum Gasteiger partial charge on any atom is -0.369 e. The first-order valence-corrected chi connectivity index (χ1v) is 6.84. The number of fused-ring (bicyclic) bond motifs is 1. The molecule has 3 heteroatoms. The molecule has 0 radical (unpaired) electrons. The number of rotatable bonds is 3. The summed E-state index contributed by atoms with van der Waals surface area (Å²) in [6, 6.07) is 4.67. The first-order chi connectivity index (χ1) is 7.72. The predicted molar refractivity (Wildman–Crippen MR) is 72.8 cm³/mol. The molecule has 0 amide bonds. The largest absolute Gasteiger partial charge is 0.369 e. The Bertz CT molecular complexity index is 376. The normalized spacial score (nSPS) is 15.1. The van der Waals surface area contributed by atoms with E-state index in [1.165, 1.54) is 34.0 Å². The van der Waals surface area contributed by atoms with Crippen molar-refractivity contribution in [1.29, 1.82) is 0 Å². The van der Waals surface area contributed by atoms with Crippen LogP contribution in [0, 0.1) is 13.8 Å². The molecule has 1 N–H and O–H groups in total. The van der Waals surface area contributed by atoms with Gasteiger partial charge in [0.1, 0.15) is 0 Å². The summed E-state index contributed by atoms with van der Waals surface area (Å²) in [6.45, 7) is 7.72. The third-order valence-corrected chi connectivity index (χ3v) is 4.19. The summed E-state index contributed by atoms with van der Waals surface area (Å²) in [7, 11) is 2.01. The molecule has 16 heavy (non-hydrogen) atoms. The zero-order valence-electron chi connectivity index (χ0n) is 10.3. The van der Waals surface area contributed by atoms with Gasteiger partial charge >= 0.3 is 0 Å². The van der Waals surface area contributed by atoms with Crippen LogP contribution < -0.4 is 10.2 Å². The molecular formula is C13H20N2S. The molecule has 0 unspecified atom stereocenters. The molecule has 0 fully saturated rings. The average Bonchev–Trinajstić information content (AvgIpc) is 2.28. The zero-order valence-corrected chi connectivity index (χ0v) is 11.2. The van der Waals surface area contributed by atoms with Gasteiger partial charge in [-0.15, -0.1) is 11.8 Å². The fourth-order valence-corrected chi connectivity index (χ4v) is 3.13. The van der Waals surface area contributed by atoms with Crippen LogP contribution in [0.1, 0.15) is 11.1 Å². The van der Waals surface area contributed by atoms with E-state index in [-0.39, 0.29) is 0 Å². The Morgan fingerprint density at radius 2 is 2.06 bits per heavy atom. The predicted octanol–water partition coefficient (Wildman–Crippen LogP) is 2.43. The van der Waals surface area contributed by atoms with Crippen LogP contribution in [-0.4, -0.2) is 32.4 Å². The van der Waals surface area contributed by atoms with Gasteiger partial charge in [0, 0.05) is 30.3 Å². The Hall–Kier alpha value is -0.670. The van der Waals surface area contributed by atoms with E-state index < -0.39 is 0 Å². The highest BCUT2D eigenvalue weighted by Gasteiger charge is 2.17. The second-order valence-corrected chi connectivity index (χ2v) is 5.48. The molecule has 1 aliphatic heterocycles. The maximum absolute atomic E-state index is 3.22. The number of benzene rings is 1. The Kier molecular flexibility index (Phi) is 3.77. The van der Waals surface area contributed by atoms with Crippen LogP contribution in [0.5, 0.6) is 0 Å². The zero-order chi connectivity index (χ0) is 11.5. The van der Waals surface area contributed by atoms with E-state index in [0.717, 1.165) is 13.1 Å². The van der Waals surface area contributed by atoms with E-state index in [0.29, 0.717) is 0 Å². The van der Waals surface area contributed by atoms with E-state index in [1.807, 2.05) is 18.8 Å². The summed E-state index contributed by atoms with van der Waals surface area (Å²) in [6.07, 6.45) is 0. The lowest BCUT2D eigenvalue weighted by atomic mass is 10.1. The van der Waals surface area contributed by atoms with Gasteiger partial charge in [0.25, 0.3) is 0 Å². The molecule has 1 heterocycles. The maximum Gasteiger partial charge on any atom is 0.0507 e. The van der Waals surface area contributed by atoms with Crippen molar-refractivity contribution in [3.05, 3.63) is 23.3 Å². The molecule has 2 rings (SSSR count). The molecule has 1 aliphatic rings. The van der Waals surface area contributed by atoms with E-state index in [9.17, 15) is 0 Å². The average molecular weight is 236 g/mol. The van der Waals surface area contributed by atoms with Crippen LogP contribution in [0.2, 0.25) is 0 Å². The van der Waals surface area contributed by atoms with Crippen molar-refractivity contribution in [2.75, 3.05) is 37.3 Å². The first-order valence-electron chi connectivity index (χ1n) is 5.86. The van der Waals surface area contributed by atoms with Crippen molar-refractivity contribution in [3.8, 4) is 0 Å². The molecule has 0 aliphatic carbocycles. The summed E-state index contributed by atoms with van der Waals surface area (Å²) in [4.78, 5) is 3.94. The summed E-state index contributed by atoms with van der Waals surface area (Å²) >= 11 is 1.99. The van der Waals surface area contributed by atoms with Crippen molar-refractivity contribution in [2.45, 2.75) is 18.7 Å². The summed E-state index contributed by atoms with van der Waals surface area (Å²) < 4.78 is 0. The van der Waals surface area contributed by atoms with E-state index in [2.05, 4.69) is 36.2 Å². The van der Waals surface area contributed by atoms with Gasteiger partial charge in [-0.05, 0) is 44.2 Å². The van der Waals surface area contributed by atoms with Crippen molar-refractivity contribution < 1.29 is 0 Å². The smallest absolute Gasteiger partial charge is 0.0507 e. The third-order valence-electron chi connectivity index (χ3n) is 3.17. The van der Waals surface area contributed by atoms with Gasteiger partial charge in [0.2, 0.25) is 0 Å². The molecule has 0 atom stereocenters. The Labute approximate surface area is 102 Å². The quantitative estimate of drug-likeness (QED) is 0.868. The molecular weight excluding hydrogens is 216 g/mol. The molecule has 0 spiro atoms. The summed E-state index contributed by atoms with van der Waals surface area (Å²) in [5.74, 6) is 1.21. The molecule has 0 saturated heterocycles. The second-order valence-electron chi connectivity index (χ2n) is 4.34. The highest BCUT2D eigenvalue weighted by Crippen LogP contribution is 2.36. The number of nitrogens with one attached hydrogen (secondary N) is 1. The molecule has 1 aromatic rings. The number of nitrogens with zero attached hydrogens (tertiary/aromatic N) is 1. The van der Waals surface area contributed by atoms with Gasteiger partial charge in [-0.1, -0.05) is 0 Å². The van der Waals surface area contributed by atoms with Gasteiger partial charge in [0.05, 0.1) is 5.69 Å². The van der Waals surface area contributed by atoms with Crippen LogP contribution in [0.4, 0.5) is 5.69 Å². The fraction of sp³-hybridized carbons (Fsp3) is 0.538. The number of hydrogen-bond donors (Lipinski definition) is 1. The lowest BCUT2D eigenvalue weighted by Crippen LogP contribution is -2.34. The molecule has 0 saturated carbocycles. The lowest BCUT2D eigenvalue weighted by Gasteiger charge is -2.31. The minimum absolute atomic E-state index is 1.05. The fourth-order valence-electron chi connectivity index (χ4n) is 2.00. The van der Waals surface area contributed by atoms with Gasteiger partial charge in [-0.3, -0.25) is 0 Å². The highest BCUT2D eigenvalue weighted by atomic mass is 32.2.